The quantitative estimate of drug-likeness (QED) is 0.257. The van der Waals surface area contributed by atoms with Crippen molar-refractivity contribution in [1.82, 2.24) is 10.3 Å². The maximum Gasteiger partial charge on any atom is 0.251 e. The van der Waals surface area contributed by atoms with Gasteiger partial charge in [0.05, 0.1) is 0 Å². The molecule has 6 aromatic rings. The predicted molar refractivity (Wildman–Crippen MR) is 138 cm³/mol. The first-order valence-corrected chi connectivity index (χ1v) is 11.6. The lowest BCUT2D eigenvalue weighted by molar-refractivity contribution is 0.0951. The molecular formula is C29H21F2N3O3. The van der Waals surface area contributed by atoms with Crippen molar-refractivity contribution in [2.24, 2.45) is 0 Å². The normalized spacial score (nSPS) is 11.6. The van der Waals surface area contributed by atoms with Crippen LogP contribution < -0.4 is 15.8 Å². The molecule has 0 radical (unpaired) electrons. The molecule has 0 spiro atoms. The highest BCUT2D eigenvalue weighted by molar-refractivity contribution is 6.26. The van der Waals surface area contributed by atoms with E-state index in [4.69, 9.17) is 14.9 Å². The average molecular weight is 498 g/mol. The van der Waals surface area contributed by atoms with Crippen LogP contribution in [0.4, 0.5) is 14.6 Å². The van der Waals surface area contributed by atoms with Gasteiger partial charge in [-0.05, 0) is 79.6 Å². The average Bonchev–Trinajstić information content (AvgIpc) is 3.42. The zero-order valence-corrected chi connectivity index (χ0v) is 20.0. The highest BCUT2D eigenvalue weighted by Crippen LogP contribution is 2.42. The summed E-state index contributed by atoms with van der Waals surface area (Å²) in [5.74, 6) is -0.943. The Labute approximate surface area is 210 Å². The number of benzene rings is 4. The van der Waals surface area contributed by atoms with Crippen LogP contribution in [0.3, 0.4) is 0 Å². The number of amides is 1. The molecule has 0 unspecified atom stereocenters. The zero-order valence-electron chi connectivity index (χ0n) is 20.0. The molecule has 0 aliphatic carbocycles. The molecule has 0 aliphatic rings. The van der Waals surface area contributed by atoms with Gasteiger partial charge in [-0.1, -0.05) is 0 Å². The molecule has 0 saturated heterocycles. The second kappa shape index (κ2) is 8.44. The number of rotatable bonds is 5. The Morgan fingerprint density at radius 1 is 0.946 bits per heavy atom. The number of hydrogen-bond donors (Lipinski definition) is 2. The van der Waals surface area contributed by atoms with Crippen molar-refractivity contribution in [3.05, 3.63) is 94.7 Å². The maximum absolute atomic E-state index is 14.1. The first-order valence-electron chi connectivity index (χ1n) is 11.6. The van der Waals surface area contributed by atoms with Gasteiger partial charge in [0.25, 0.3) is 5.91 Å². The summed E-state index contributed by atoms with van der Waals surface area (Å²) in [6.45, 7) is 4.13. The van der Waals surface area contributed by atoms with Gasteiger partial charge in [0.2, 0.25) is 0 Å². The molecule has 3 heterocycles. The van der Waals surface area contributed by atoms with Crippen molar-refractivity contribution in [2.75, 3.05) is 5.73 Å². The van der Waals surface area contributed by atoms with Crippen molar-refractivity contribution in [3.8, 4) is 11.5 Å². The lowest BCUT2D eigenvalue weighted by Gasteiger charge is -2.11. The minimum absolute atomic E-state index is 0.0794. The highest BCUT2D eigenvalue weighted by atomic mass is 19.1. The third-order valence-electron chi connectivity index (χ3n) is 6.58. The summed E-state index contributed by atoms with van der Waals surface area (Å²) in [7, 11) is 0. The Hall–Kier alpha value is -4.72. The van der Waals surface area contributed by atoms with E-state index in [0.29, 0.717) is 34.8 Å². The molecule has 6 nitrogen and oxygen atoms in total. The number of fused-ring (bicyclic) bond motifs is 8. The van der Waals surface area contributed by atoms with Crippen LogP contribution in [-0.4, -0.2) is 10.9 Å². The number of nitrogens with zero attached hydrogens (tertiary/aromatic N) is 1. The van der Waals surface area contributed by atoms with E-state index in [-0.39, 0.29) is 11.7 Å². The Bertz CT molecular complexity index is 1820. The summed E-state index contributed by atoms with van der Waals surface area (Å²) in [5.41, 5.74) is 10.3. The fourth-order valence-electron chi connectivity index (χ4n) is 4.77. The molecule has 37 heavy (non-hydrogen) atoms. The smallest absolute Gasteiger partial charge is 0.251 e. The molecule has 1 amide bonds. The summed E-state index contributed by atoms with van der Waals surface area (Å²) < 4.78 is 39.0. The van der Waals surface area contributed by atoms with Crippen LogP contribution in [0.15, 0.2) is 65.1 Å². The fourth-order valence-corrected chi connectivity index (χ4v) is 4.77. The van der Waals surface area contributed by atoms with Gasteiger partial charge < -0.3 is 20.2 Å². The number of anilines is 1. The highest BCUT2D eigenvalue weighted by Gasteiger charge is 2.20. The van der Waals surface area contributed by atoms with Gasteiger partial charge in [-0.3, -0.25) is 4.79 Å². The van der Waals surface area contributed by atoms with Crippen molar-refractivity contribution >= 4 is 44.4 Å². The second-order valence-corrected chi connectivity index (χ2v) is 9.02. The molecule has 184 valence electrons. The van der Waals surface area contributed by atoms with E-state index in [0.717, 1.165) is 50.5 Å². The van der Waals surface area contributed by atoms with Gasteiger partial charge in [0, 0.05) is 45.4 Å². The number of hydrogen-bond acceptors (Lipinski definition) is 5. The number of nitrogen functional groups attached to an aromatic ring is 1. The molecule has 0 saturated carbocycles. The number of carbonyl (C=O) groups excluding carboxylic acids is 1. The van der Waals surface area contributed by atoms with Gasteiger partial charge in [-0.15, -0.1) is 0 Å². The van der Waals surface area contributed by atoms with Crippen LogP contribution in [0.25, 0.3) is 32.7 Å². The summed E-state index contributed by atoms with van der Waals surface area (Å²) in [5, 5.41) is 6.31. The van der Waals surface area contributed by atoms with Crippen LogP contribution in [0.5, 0.6) is 11.5 Å². The maximum atomic E-state index is 14.1. The summed E-state index contributed by atoms with van der Waals surface area (Å²) >= 11 is 0. The molecule has 0 aliphatic heterocycles. The van der Waals surface area contributed by atoms with Crippen LogP contribution in [0.2, 0.25) is 0 Å². The first kappa shape index (κ1) is 22.7. The lowest BCUT2D eigenvalue weighted by atomic mass is 10.0. The van der Waals surface area contributed by atoms with E-state index in [2.05, 4.69) is 10.3 Å². The fraction of sp³-hybridized carbons (Fsp3) is 0.103. The second-order valence-electron chi connectivity index (χ2n) is 9.02. The van der Waals surface area contributed by atoms with E-state index in [9.17, 15) is 13.6 Å². The number of pyridine rings is 1. The molecule has 3 aromatic carbocycles. The number of aromatic nitrogens is 1. The van der Waals surface area contributed by atoms with E-state index < -0.39 is 11.6 Å². The van der Waals surface area contributed by atoms with E-state index in [1.54, 1.807) is 30.3 Å². The van der Waals surface area contributed by atoms with Crippen molar-refractivity contribution in [3.63, 3.8) is 0 Å². The van der Waals surface area contributed by atoms with Crippen molar-refractivity contribution in [2.45, 2.75) is 20.4 Å². The third kappa shape index (κ3) is 3.87. The monoisotopic (exact) mass is 497 g/mol. The SMILES string of the molecule is Cc1cc(N)nc(C)c1CNC(=O)c1ccc2c(c1)c1oc2c2ccc(Oc3ccc(F)cc3F)cc21. The van der Waals surface area contributed by atoms with Crippen LogP contribution in [0.1, 0.15) is 27.2 Å². The van der Waals surface area contributed by atoms with Gasteiger partial charge in [-0.25, -0.2) is 13.8 Å². The van der Waals surface area contributed by atoms with Crippen molar-refractivity contribution < 1.29 is 22.7 Å². The van der Waals surface area contributed by atoms with Gasteiger partial charge in [0.15, 0.2) is 11.6 Å². The van der Waals surface area contributed by atoms with E-state index >= 15 is 0 Å². The topological polar surface area (TPSA) is 90.4 Å². The minimum atomic E-state index is -0.790. The molecular weight excluding hydrogens is 476 g/mol. The standard InChI is InChI=1S/C29H21F2N3O3/c1-14-9-26(32)34-15(2)23(14)13-33-29(35)16-3-6-19-21(10-16)28-22-12-18(5-7-20(22)27(19)37-28)36-25-8-4-17(30)11-24(25)31/h3-12H,13H2,1-2H3,(H2,32,34)(H,33,35). The Morgan fingerprint density at radius 2 is 1.68 bits per heavy atom. The Morgan fingerprint density at radius 3 is 2.43 bits per heavy atom. The van der Waals surface area contributed by atoms with Crippen LogP contribution >= 0.6 is 0 Å². The van der Waals surface area contributed by atoms with E-state index in [1.807, 2.05) is 26.0 Å². The molecule has 8 heteroatoms. The molecule has 0 fully saturated rings. The number of halogens is 2. The molecule has 3 aromatic heterocycles. The number of carbonyl (C=O) groups is 1. The Kier molecular flexibility index (Phi) is 5.19. The molecule has 3 N–H and O–H groups in total. The lowest BCUT2D eigenvalue weighted by Crippen LogP contribution is -2.24. The van der Waals surface area contributed by atoms with Gasteiger partial charge >= 0.3 is 0 Å². The number of furan rings is 2. The minimum Gasteiger partial charge on any atom is -0.455 e. The summed E-state index contributed by atoms with van der Waals surface area (Å²) in [6.07, 6.45) is 0. The van der Waals surface area contributed by atoms with Crippen LogP contribution in [-0.2, 0) is 6.54 Å². The number of nitrogens with one attached hydrogen (secondary N) is 1. The third-order valence-corrected chi connectivity index (χ3v) is 6.58. The van der Waals surface area contributed by atoms with Gasteiger partial charge in [-0.2, -0.15) is 0 Å². The van der Waals surface area contributed by atoms with Crippen molar-refractivity contribution in [1.29, 1.82) is 0 Å². The number of nitrogens with two attached hydrogens (primary N) is 1. The van der Waals surface area contributed by atoms with Crippen LogP contribution in [0, 0.1) is 25.5 Å². The largest absolute Gasteiger partial charge is 0.455 e. The first-order chi connectivity index (χ1) is 17.8. The number of ether oxygens (including phenoxy) is 1. The van der Waals surface area contributed by atoms with E-state index in [1.165, 1.54) is 6.07 Å². The number of aryl methyl sites for hydroxylation is 2. The molecule has 0 atom stereocenters. The zero-order chi connectivity index (χ0) is 25.8. The molecule has 2 bridgehead atoms. The predicted octanol–water partition coefficient (Wildman–Crippen LogP) is 6.77. The summed E-state index contributed by atoms with van der Waals surface area (Å²) in [4.78, 5) is 17.3. The Balaban J connectivity index is 1.31. The molecule has 6 rings (SSSR count). The van der Waals surface area contributed by atoms with Gasteiger partial charge in [0.1, 0.15) is 28.6 Å². The summed E-state index contributed by atoms with van der Waals surface area (Å²) in [6, 6.07) is 15.7.